The second kappa shape index (κ2) is 5.16. The average molecular weight is 260 g/mol. The number of nitrogens with zero attached hydrogens (tertiary/aromatic N) is 1. The first kappa shape index (κ1) is 13.2. The summed E-state index contributed by atoms with van der Waals surface area (Å²) in [7, 11) is 0. The van der Waals surface area contributed by atoms with Gasteiger partial charge in [-0.1, -0.05) is 12.1 Å². The van der Waals surface area contributed by atoms with Crippen molar-refractivity contribution in [2.24, 2.45) is 0 Å². The molecule has 0 radical (unpaired) electrons. The Labute approximate surface area is 103 Å². The fourth-order valence-electron chi connectivity index (χ4n) is 2.06. The third-order valence-corrected chi connectivity index (χ3v) is 3.03. The zero-order valence-corrected chi connectivity index (χ0v) is 9.80. The highest BCUT2D eigenvalue weighted by atomic mass is 19.4. The van der Waals surface area contributed by atoms with Gasteiger partial charge in [-0.15, -0.1) is 0 Å². The van der Waals surface area contributed by atoms with Crippen LogP contribution >= 0.6 is 0 Å². The first-order valence-electron chi connectivity index (χ1n) is 5.79. The molecule has 2 rings (SSSR count). The van der Waals surface area contributed by atoms with Gasteiger partial charge in [0.25, 0.3) is 0 Å². The Morgan fingerprint density at radius 3 is 2.50 bits per heavy atom. The van der Waals surface area contributed by atoms with Gasteiger partial charge in [-0.3, -0.25) is 4.90 Å². The standard InChI is InChI=1S/C12H15F3N2O/c13-12(14,15)10-3-1-2-9(11(10)18)8-17-6-4-16-5-7-17/h1-3,16,18H,4-8H2. The van der Waals surface area contributed by atoms with Crippen LogP contribution in [0, 0.1) is 0 Å². The van der Waals surface area contributed by atoms with Gasteiger partial charge in [0.15, 0.2) is 0 Å². The lowest BCUT2D eigenvalue weighted by Gasteiger charge is -2.27. The fourth-order valence-corrected chi connectivity index (χ4v) is 2.06. The molecular formula is C12H15F3N2O. The van der Waals surface area contributed by atoms with Crippen LogP contribution in [0.4, 0.5) is 13.2 Å². The molecule has 3 nitrogen and oxygen atoms in total. The van der Waals surface area contributed by atoms with Crippen LogP contribution in [0.25, 0.3) is 0 Å². The highest BCUT2D eigenvalue weighted by Crippen LogP contribution is 2.37. The van der Waals surface area contributed by atoms with E-state index in [0.29, 0.717) is 12.1 Å². The lowest BCUT2D eigenvalue weighted by Crippen LogP contribution is -2.42. The van der Waals surface area contributed by atoms with Crippen LogP contribution in [-0.4, -0.2) is 36.2 Å². The molecule has 0 aliphatic carbocycles. The van der Waals surface area contributed by atoms with E-state index in [4.69, 9.17) is 0 Å². The summed E-state index contributed by atoms with van der Waals surface area (Å²) in [5, 5.41) is 12.9. The predicted molar refractivity (Wildman–Crippen MR) is 61.3 cm³/mol. The first-order chi connectivity index (χ1) is 8.48. The van der Waals surface area contributed by atoms with E-state index in [0.717, 1.165) is 32.2 Å². The van der Waals surface area contributed by atoms with E-state index in [9.17, 15) is 18.3 Å². The van der Waals surface area contributed by atoms with Gasteiger partial charge in [0.2, 0.25) is 0 Å². The van der Waals surface area contributed by atoms with Gasteiger partial charge >= 0.3 is 6.18 Å². The summed E-state index contributed by atoms with van der Waals surface area (Å²) in [5.74, 6) is -0.650. The van der Waals surface area contributed by atoms with E-state index >= 15 is 0 Å². The molecule has 0 amide bonds. The maximum absolute atomic E-state index is 12.6. The normalized spacial score (nSPS) is 17.9. The van der Waals surface area contributed by atoms with Gasteiger partial charge in [-0.05, 0) is 6.07 Å². The van der Waals surface area contributed by atoms with Crippen LogP contribution in [0.3, 0.4) is 0 Å². The molecule has 6 heteroatoms. The number of hydrogen-bond acceptors (Lipinski definition) is 3. The number of phenolic OH excluding ortho intramolecular Hbond substituents is 1. The lowest BCUT2D eigenvalue weighted by atomic mass is 10.1. The molecule has 1 aromatic carbocycles. The SMILES string of the molecule is Oc1c(CN2CCNCC2)cccc1C(F)(F)F. The number of para-hydroxylation sites is 1. The molecule has 100 valence electrons. The largest absolute Gasteiger partial charge is 0.507 e. The van der Waals surface area contributed by atoms with Gasteiger partial charge < -0.3 is 10.4 Å². The number of halogens is 3. The van der Waals surface area contributed by atoms with Crippen molar-refractivity contribution in [3.63, 3.8) is 0 Å². The maximum atomic E-state index is 12.6. The van der Waals surface area contributed by atoms with Crippen molar-refractivity contribution in [3.05, 3.63) is 29.3 Å². The molecule has 2 N–H and O–H groups in total. The number of benzene rings is 1. The zero-order chi connectivity index (χ0) is 13.2. The second-order valence-corrected chi connectivity index (χ2v) is 4.34. The Hall–Kier alpha value is -1.27. The first-order valence-corrected chi connectivity index (χ1v) is 5.79. The van der Waals surface area contributed by atoms with Gasteiger partial charge in [0.05, 0.1) is 5.56 Å². The molecule has 1 saturated heterocycles. The predicted octanol–water partition coefficient (Wildman–Crippen LogP) is 1.82. The van der Waals surface area contributed by atoms with Gasteiger partial charge in [0, 0.05) is 38.3 Å². The van der Waals surface area contributed by atoms with E-state index in [1.54, 1.807) is 0 Å². The summed E-state index contributed by atoms with van der Waals surface area (Å²) < 4.78 is 37.9. The van der Waals surface area contributed by atoms with Crippen molar-refractivity contribution in [1.29, 1.82) is 0 Å². The summed E-state index contributed by atoms with van der Waals surface area (Å²) in [6.07, 6.45) is -4.51. The molecule has 1 fully saturated rings. The van der Waals surface area contributed by atoms with Crippen LogP contribution in [0.1, 0.15) is 11.1 Å². The van der Waals surface area contributed by atoms with Gasteiger partial charge in [0.1, 0.15) is 5.75 Å². The van der Waals surface area contributed by atoms with Crippen molar-refractivity contribution in [3.8, 4) is 5.75 Å². The summed E-state index contributed by atoms with van der Waals surface area (Å²) in [5.41, 5.74) is -0.637. The topological polar surface area (TPSA) is 35.5 Å². The average Bonchev–Trinajstić information content (AvgIpc) is 2.32. The van der Waals surface area contributed by atoms with Crippen LogP contribution in [-0.2, 0) is 12.7 Å². The summed E-state index contributed by atoms with van der Waals surface area (Å²) >= 11 is 0. The van der Waals surface area contributed by atoms with Crippen LogP contribution in [0.15, 0.2) is 18.2 Å². The summed E-state index contributed by atoms with van der Waals surface area (Å²) in [6.45, 7) is 3.53. The third kappa shape index (κ3) is 2.94. The van der Waals surface area contributed by atoms with Crippen LogP contribution in [0.2, 0.25) is 0 Å². The van der Waals surface area contributed by atoms with Crippen molar-refractivity contribution < 1.29 is 18.3 Å². The molecule has 0 aromatic heterocycles. The number of hydrogen-bond donors (Lipinski definition) is 2. The minimum Gasteiger partial charge on any atom is -0.507 e. The Balaban J connectivity index is 2.18. The highest BCUT2D eigenvalue weighted by Gasteiger charge is 2.34. The number of alkyl halides is 3. The number of nitrogens with one attached hydrogen (secondary N) is 1. The lowest BCUT2D eigenvalue weighted by molar-refractivity contribution is -0.138. The second-order valence-electron chi connectivity index (χ2n) is 4.34. The van der Waals surface area contributed by atoms with E-state index in [2.05, 4.69) is 5.32 Å². The van der Waals surface area contributed by atoms with Crippen LogP contribution < -0.4 is 5.32 Å². The monoisotopic (exact) mass is 260 g/mol. The maximum Gasteiger partial charge on any atom is 0.419 e. The minimum absolute atomic E-state index is 0.326. The Bertz CT molecular complexity index is 414. The number of phenols is 1. The molecule has 1 aliphatic heterocycles. The van der Waals surface area contributed by atoms with E-state index in [1.807, 2.05) is 4.90 Å². The molecule has 18 heavy (non-hydrogen) atoms. The van der Waals surface area contributed by atoms with E-state index in [1.165, 1.54) is 12.1 Å². The van der Waals surface area contributed by atoms with Gasteiger partial charge in [-0.25, -0.2) is 0 Å². The summed E-state index contributed by atoms with van der Waals surface area (Å²) in [6, 6.07) is 3.77. The molecule has 1 aliphatic rings. The molecule has 1 aromatic rings. The van der Waals surface area contributed by atoms with E-state index in [-0.39, 0.29) is 0 Å². The van der Waals surface area contributed by atoms with Crippen molar-refractivity contribution in [2.45, 2.75) is 12.7 Å². The highest BCUT2D eigenvalue weighted by molar-refractivity contribution is 5.42. The van der Waals surface area contributed by atoms with Gasteiger partial charge in [-0.2, -0.15) is 13.2 Å². The van der Waals surface area contributed by atoms with Crippen molar-refractivity contribution in [1.82, 2.24) is 10.2 Å². The van der Waals surface area contributed by atoms with Crippen LogP contribution in [0.5, 0.6) is 5.75 Å². The molecule has 0 spiro atoms. The number of aromatic hydroxyl groups is 1. The number of rotatable bonds is 2. The Kier molecular flexibility index (Phi) is 3.77. The smallest absolute Gasteiger partial charge is 0.419 e. The molecule has 0 atom stereocenters. The number of piperazine rings is 1. The molecule has 0 saturated carbocycles. The quantitative estimate of drug-likeness (QED) is 0.851. The third-order valence-electron chi connectivity index (χ3n) is 3.03. The molecule has 1 heterocycles. The zero-order valence-electron chi connectivity index (χ0n) is 9.80. The van der Waals surface area contributed by atoms with E-state index < -0.39 is 17.5 Å². The van der Waals surface area contributed by atoms with Crippen molar-refractivity contribution in [2.75, 3.05) is 26.2 Å². The molecule has 0 unspecified atom stereocenters. The minimum atomic E-state index is -4.51. The van der Waals surface area contributed by atoms with Crippen molar-refractivity contribution >= 4 is 0 Å². The Morgan fingerprint density at radius 1 is 1.22 bits per heavy atom. The fraction of sp³-hybridized carbons (Fsp3) is 0.500. The Morgan fingerprint density at radius 2 is 1.89 bits per heavy atom. The summed E-state index contributed by atoms with van der Waals surface area (Å²) in [4.78, 5) is 2.02. The molecule has 0 bridgehead atoms. The molecular weight excluding hydrogens is 245 g/mol.